The van der Waals surface area contributed by atoms with Crippen LogP contribution in [-0.2, 0) is 4.79 Å². The number of carbonyl (C=O) groups is 2. The largest absolute Gasteiger partial charge is 0.496 e. The van der Waals surface area contributed by atoms with Crippen molar-refractivity contribution in [3.05, 3.63) is 29.3 Å². The van der Waals surface area contributed by atoms with E-state index in [1.54, 1.807) is 25.3 Å². The Morgan fingerprint density at radius 2 is 1.86 bits per heavy atom. The van der Waals surface area contributed by atoms with Gasteiger partial charge < -0.3 is 15.4 Å². The second kappa shape index (κ2) is 6.04. The van der Waals surface area contributed by atoms with E-state index in [1.807, 2.05) is 6.92 Å². The van der Waals surface area contributed by atoms with Crippen LogP contribution in [0.5, 0.6) is 5.75 Å². The maximum absolute atomic E-state index is 12.1. The Hall–Kier alpha value is -2.90. The zero-order chi connectivity index (χ0) is 15.4. The molecule has 0 aliphatic carbocycles. The number of methoxy groups -OCH3 is 1. The second-order valence-corrected chi connectivity index (χ2v) is 4.28. The van der Waals surface area contributed by atoms with E-state index < -0.39 is 5.91 Å². The molecule has 0 unspecified atom stereocenters. The molecule has 0 saturated carbocycles. The van der Waals surface area contributed by atoms with E-state index in [9.17, 15) is 9.59 Å². The molecule has 110 valence electrons. The van der Waals surface area contributed by atoms with Crippen LogP contribution in [0.4, 0.5) is 11.6 Å². The van der Waals surface area contributed by atoms with Crippen LogP contribution in [0.1, 0.15) is 22.8 Å². The summed E-state index contributed by atoms with van der Waals surface area (Å²) in [5.41, 5.74) is 1.25. The molecule has 0 bridgehead atoms. The number of carbonyl (C=O) groups excluding carboxylic acids is 2. The fourth-order valence-corrected chi connectivity index (χ4v) is 1.72. The van der Waals surface area contributed by atoms with Crippen molar-refractivity contribution in [1.29, 1.82) is 0 Å². The average molecular weight is 290 g/mol. The monoisotopic (exact) mass is 290 g/mol. The van der Waals surface area contributed by atoms with Crippen LogP contribution < -0.4 is 15.4 Å². The van der Waals surface area contributed by atoms with E-state index >= 15 is 0 Å². The van der Waals surface area contributed by atoms with Crippen LogP contribution in [0.15, 0.2) is 22.8 Å². The highest BCUT2D eigenvalue weighted by Gasteiger charge is 2.16. The van der Waals surface area contributed by atoms with Gasteiger partial charge >= 0.3 is 0 Å². The van der Waals surface area contributed by atoms with Gasteiger partial charge in [0, 0.05) is 12.5 Å². The highest BCUT2D eigenvalue weighted by atomic mass is 16.6. The van der Waals surface area contributed by atoms with Gasteiger partial charge in [-0.1, -0.05) is 0 Å². The van der Waals surface area contributed by atoms with Crippen LogP contribution in [0.25, 0.3) is 0 Å². The predicted molar refractivity (Wildman–Crippen MR) is 74.3 cm³/mol. The highest BCUT2D eigenvalue weighted by molar-refractivity contribution is 6.06. The Labute approximate surface area is 120 Å². The summed E-state index contributed by atoms with van der Waals surface area (Å²) in [5.74, 6) is 0.0443. The van der Waals surface area contributed by atoms with E-state index in [2.05, 4.69) is 25.6 Å². The van der Waals surface area contributed by atoms with Crippen LogP contribution >= 0.6 is 0 Å². The van der Waals surface area contributed by atoms with Crippen molar-refractivity contribution >= 4 is 23.5 Å². The minimum absolute atomic E-state index is 0.0451. The summed E-state index contributed by atoms with van der Waals surface area (Å²) in [6.07, 6.45) is 0. The van der Waals surface area contributed by atoms with Gasteiger partial charge in [-0.2, -0.15) is 0 Å². The van der Waals surface area contributed by atoms with Crippen molar-refractivity contribution in [2.45, 2.75) is 13.8 Å². The van der Waals surface area contributed by atoms with Crippen molar-refractivity contribution in [2.24, 2.45) is 0 Å². The predicted octanol–water partition coefficient (Wildman–Crippen LogP) is 1.60. The molecule has 21 heavy (non-hydrogen) atoms. The zero-order valence-electron chi connectivity index (χ0n) is 11.8. The fraction of sp³-hybridized carbons (Fsp3) is 0.231. The number of nitrogens with one attached hydrogen (secondary N) is 2. The first-order valence-corrected chi connectivity index (χ1v) is 6.07. The summed E-state index contributed by atoms with van der Waals surface area (Å²) in [6.45, 7) is 3.14. The van der Waals surface area contributed by atoms with Gasteiger partial charge in [0.2, 0.25) is 17.5 Å². The topological polar surface area (TPSA) is 106 Å². The van der Waals surface area contributed by atoms with Crippen LogP contribution in [-0.4, -0.2) is 29.2 Å². The number of ether oxygens (including phenoxy) is 1. The zero-order valence-corrected chi connectivity index (χ0v) is 11.8. The number of hydrogen-bond donors (Lipinski definition) is 2. The number of aromatic nitrogens is 2. The van der Waals surface area contributed by atoms with Crippen molar-refractivity contribution in [1.82, 2.24) is 10.3 Å². The maximum Gasteiger partial charge on any atom is 0.257 e. The lowest BCUT2D eigenvalue weighted by molar-refractivity contribution is -0.114. The third-order valence-electron chi connectivity index (χ3n) is 2.67. The van der Waals surface area contributed by atoms with Gasteiger partial charge in [0.1, 0.15) is 5.75 Å². The van der Waals surface area contributed by atoms with Crippen molar-refractivity contribution in [3.8, 4) is 5.75 Å². The molecule has 0 fully saturated rings. The van der Waals surface area contributed by atoms with Crippen LogP contribution in [0.3, 0.4) is 0 Å². The first-order valence-electron chi connectivity index (χ1n) is 6.07. The van der Waals surface area contributed by atoms with E-state index in [-0.39, 0.29) is 17.5 Å². The molecule has 8 heteroatoms. The third-order valence-corrected chi connectivity index (χ3v) is 2.67. The minimum atomic E-state index is -0.400. The molecule has 2 rings (SSSR count). The second-order valence-electron chi connectivity index (χ2n) is 4.28. The normalized spacial score (nSPS) is 10.0. The van der Waals surface area contributed by atoms with Crippen molar-refractivity contribution in [2.75, 3.05) is 17.7 Å². The minimum Gasteiger partial charge on any atom is -0.496 e. The van der Waals surface area contributed by atoms with Crippen molar-refractivity contribution in [3.63, 3.8) is 0 Å². The molecule has 2 aromatic rings. The molecule has 0 radical (unpaired) electrons. The molecular weight excluding hydrogens is 276 g/mol. The van der Waals surface area contributed by atoms with Crippen LogP contribution in [0.2, 0.25) is 0 Å². The molecule has 0 spiro atoms. The number of benzene rings is 1. The van der Waals surface area contributed by atoms with Gasteiger partial charge in [0.05, 0.1) is 7.11 Å². The van der Waals surface area contributed by atoms with E-state index in [1.165, 1.54) is 6.92 Å². The Balaban J connectivity index is 2.16. The molecular formula is C13H14N4O4. The number of rotatable bonds is 4. The highest BCUT2D eigenvalue weighted by Crippen LogP contribution is 2.20. The van der Waals surface area contributed by atoms with Gasteiger partial charge in [0.15, 0.2) is 0 Å². The summed E-state index contributed by atoms with van der Waals surface area (Å²) in [6, 6.07) is 4.99. The Kier molecular flexibility index (Phi) is 4.17. The molecule has 1 aromatic heterocycles. The van der Waals surface area contributed by atoms with E-state index in [0.29, 0.717) is 11.3 Å². The lowest BCUT2D eigenvalue weighted by Gasteiger charge is -2.07. The third kappa shape index (κ3) is 3.35. The Morgan fingerprint density at radius 1 is 1.19 bits per heavy atom. The number of amides is 2. The quantitative estimate of drug-likeness (QED) is 0.885. The standard InChI is InChI=1S/C13H14N4O4/c1-7-6-9(4-5-10(7)20-3)13(19)15-12-11(14-8(2)18)16-21-17-12/h4-6H,1-3H3,(H,14,16,18)(H,15,17,19). The molecule has 0 atom stereocenters. The summed E-state index contributed by atoms with van der Waals surface area (Å²) in [4.78, 5) is 23.1. The molecule has 0 saturated heterocycles. The lowest BCUT2D eigenvalue weighted by Crippen LogP contribution is -2.15. The van der Waals surface area contributed by atoms with Gasteiger partial charge in [-0.15, -0.1) is 0 Å². The van der Waals surface area contributed by atoms with Crippen LogP contribution in [0, 0.1) is 6.92 Å². The number of nitrogens with zero attached hydrogens (tertiary/aromatic N) is 2. The first-order chi connectivity index (χ1) is 10.0. The summed E-state index contributed by atoms with van der Waals surface area (Å²) >= 11 is 0. The summed E-state index contributed by atoms with van der Waals surface area (Å²) in [7, 11) is 1.56. The Morgan fingerprint density at radius 3 is 2.43 bits per heavy atom. The van der Waals surface area contributed by atoms with Gasteiger partial charge in [-0.3, -0.25) is 9.59 Å². The molecule has 2 amide bonds. The number of aryl methyl sites for hydroxylation is 1. The molecule has 1 aromatic carbocycles. The van der Waals surface area contributed by atoms with E-state index in [0.717, 1.165) is 5.56 Å². The number of anilines is 2. The fourth-order valence-electron chi connectivity index (χ4n) is 1.72. The first kappa shape index (κ1) is 14.5. The van der Waals surface area contributed by atoms with Gasteiger partial charge in [-0.05, 0) is 41.0 Å². The summed E-state index contributed by atoms with van der Waals surface area (Å²) < 4.78 is 9.63. The molecule has 2 N–H and O–H groups in total. The Bertz CT molecular complexity index is 681. The number of hydrogen-bond acceptors (Lipinski definition) is 6. The average Bonchev–Trinajstić information content (AvgIpc) is 2.85. The SMILES string of the molecule is COc1ccc(C(=O)Nc2nonc2NC(C)=O)cc1C. The molecule has 8 nitrogen and oxygen atoms in total. The molecule has 0 aliphatic heterocycles. The maximum atomic E-state index is 12.1. The lowest BCUT2D eigenvalue weighted by atomic mass is 10.1. The van der Waals surface area contributed by atoms with E-state index in [4.69, 9.17) is 4.74 Å². The smallest absolute Gasteiger partial charge is 0.257 e. The molecule has 1 heterocycles. The van der Waals surface area contributed by atoms with Gasteiger partial charge in [0.25, 0.3) is 5.91 Å². The molecule has 0 aliphatic rings. The van der Waals surface area contributed by atoms with Gasteiger partial charge in [-0.25, -0.2) is 4.63 Å². The summed E-state index contributed by atoms with van der Waals surface area (Å²) in [5, 5.41) is 11.9. The van der Waals surface area contributed by atoms with Crippen molar-refractivity contribution < 1.29 is 19.0 Å².